The second kappa shape index (κ2) is 9.17. The summed E-state index contributed by atoms with van der Waals surface area (Å²) in [5.41, 5.74) is 1.78. The molecule has 3 aromatic rings. The molecule has 154 valence electrons. The summed E-state index contributed by atoms with van der Waals surface area (Å²) >= 11 is 1.40. The van der Waals surface area contributed by atoms with Gasteiger partial charge in [-0.1, -0.05) is 60.3 Å². The Balaban J connectivity index is 1.70. The van der Waals surface area contributed by atoms with E-state index in [4.69, 9.17) is 4.74 Å². The molecule has 7 heteroatoms. The second-order valence-corrected chi connectivity index (χ2v) is 8.17. The Labute approximate surface area is 180 Å². The van der Waals surface area contributed by atoms with Crippen LogP contribution in [0.25, 0.3) is 11.4 Å². The van der Waals surface area contributed by atoms with E-state index in [2.05, 4.69) is 22.1 Å². The highest BCUT2D eigenvalue weighted by Crippen LogP contribution is 2.38. The first kappa shape index (κ1) is 20.2. The number of amides is 1. The zero-order valence-electron chi connectivity index (χ0n) is 16.8. The number of nitrogens with zero attached hydrogens (tertiary/aromatic N) is 3. The largest absolute Gasteiger partial charge is 0.496 e. The van der Waals surface area contributed by atoms with Crippen LogP contribution in [0.3, 0.4) is 0 Å². The number of thioether (sulfide) groups is 1. The van der Waals surface area contributed by atoms with Gasteiger partial charge in [-0.05, 0) is 30.5 Å². The quantitative estimate of drug-likeness (QED) is 0.414. The molecule has 0 aliphatic heterocycles. The van der Waals surface area contributed by atoms with Gasteiger partial charge in [0.15, 0.2) is 11.0 Å². The molecule has 0 saturated heterocycles. The molecule has 0 spiro atoms. The van der Waals surface area contributed by atoms with E-state index in [0.29, 0.717) is 23.6 Å². The van der Waals surface area contributed by atoms with Crippen molar-refractivity contribution in [3.8, 4) is 17.1 Å². The molecule has 30 heavy (non-hydrogen) atoms. The SMILES string of the molecule is C=CCn1c(SC(C(=O)NC2CC2)c2ccccc2)nnc1-c1ccccc1OC. The first-order valence-corrected chi connectivity index (χ1v) is 10.8. The van der Waals surface area contributed by atoms with Crippen LogP contribution >= 0.6 is 11.8 Å². The molecule has 1 heterocycles. The Morgan fingerprint density at radius 3 is 2.67 bits per heavy atom. The number of hydrogen-bond donors (Lipinski definition) is 1. The average molecular weight is 421 g/mol. The van der Waals surface area contributed by atoms with Gasteiger partial charge < -0.3 is 10.1 Å². The molecule has 0 bridgehead atoms. The van der Waals surface area contributed by atoms with E-state index in [0.717, 1.165) is 29.7 Å². The highest BCUT2D eigenvalue weighted by molar-refractivity contribution is 8.00. The maximum Gasteiger partial charge on any atom is 0.238 e. The van der Waals surface area contributed by atoms with Crippen LogP contribution in [0.1, 0.15) is 23.7 Å². The second-order valence-electron chi connectivity index (χ2n) is 7.10. The number of aromatic nitrogens is 3. The highest BCUT2D eigenvalue weighted by atomic mass is 32.2. The lowest BCUT2D eigenvalue weighted by Gasteiger charge is -2.17. The molecule has 0 radical (unpaired) electrons. The molecule has 6 nitrogen and oxygen atoms in total. The van der Waals surface area contributed by atoms with Crippen LogP contribution in [0.4, 0.5) is 0 Å². The van der Waals surface area contributed by atoms with Crippen LogP contribution in [0.15, 0.2) is 72.4 Å². The normalized spacial score (nSPS) is 14.2. The summed E-state index contributed by atoms with van der Waals surface area (Å²) in [6.45, 7) is 4.40. The van der Waals surface area contributed by atoms with Crippen molar-refractivity contribution in [2.75, 3.05) is 7.11 Å². The van der Waals surface area contributed by atoms with E-state index in [1.165, 1.54) is 11.8 Å². The fourth-order valence-electron chi connectivity index (χ4n) is 3.21. The van der Waals surface area contributed by atoms with Crippen molar-refractivity contribution in [2.24, 2.45) is 0 Å². The van der Waals surface area contributed by atoms with Gasteiger partial charge in [0, 0.05) is 12.6 Å². The fraction of sp³-hybridized carbons (Fsp3) is 0.261. The third-order valence-corrected chi connectivity index (χ3v) is 6.10. The summed E-state index contributed by atoms with van der Waals surface area (Å²) in [4.78, 5) is 13.0. The van der Waals surface area contributed by atoms with Gasteiger partial charge in [-0.25, -0.2) is 0 Å². The van der Waals surface area contributed by atoms with Gasteiger partial charge >= 0.3 is 0 Å². The van der Waals surface area contributed by atoms with Gasteiger partial charge in [0.1, 0.15) is 11.0 Å². The first-order chi connectivity index (χ1) is 14.7. The number of methoxy groups -OCH3 is 1. The monoisotopic (exact) mass is 420 g/mol. The number of hydrogen-bond acceptors (Lipinski definition) is 5. The number of nitrogens with one attached hydrogen (secondary N) is 1. The van der Waals surface area contributed by atoms with Crippen LogP contribution in [0, 0.1) is 0 Å². The number of benzene rings is 2. The number of ether oxygens (including phenoxy) is 1. The van der Waals surface area contributed by atoms with Gasteiger partial charge in [0.2, 0.25) is 5.91 Å². The van der Waals surface area contributed by atoms with Crippen LogP contribution < -0.4 is 10.1 Å². The Morgan fingerprint density at radius 2 is 1.97 bits per heavy atom. The summed E-state index contributed by atoms with van der Waals surface area (Å²) in [6, 6.07) is 17.8. The molecular formula is C23H24N4O2S. The zero-order valence-corrected chi connectivity index (χ0v) is 17.6. The molecule has 1 aromatic heterocycles. The van der Waals surface area contributed by atoms with Gasteiger partial charge in [0.05, 0.1) is 12.7 Å². The summed E-state index contributed by atoms with van der Waals surface area (Å²) in [5, 5.41) is 12.2. The van der Waals surface area contributed by atoms with E-state index in [1.807, 2.05) is 59.2 Å². The predicted molar refractivity (Wildman–Crippen MR) is 118 cm³/mol. The smallest absolute Gasteiger partial charge is 0.238 e. The number of carbonyl (C=O) groups excluding carboxylic acids is 1. The molecular weight excluding hydrogens is 396 g/mol. The minimum absolute atomic E-state index is 0.000643. The minimum Gasteiger partial charge on any atom is -0.496 e. The van der Waals surface area contributed by atoms with Crippen molar-refractivity contribution >= 4 is 17.7 Å². The molecule has 1 atom stereocenters. The average Bonchev–Trinajstić information content (AvgIpc) is 3.51. The lowest BCUT2D eigenvalue weighted by Crippen LogP contribution is -2.30. The molecule has 1 fully saturated rings. The Morgan fingerprint density at radius 1 is 1.23 bits per heavy atom. The maximum atomic E-state index is 13.0. The topological polar surface area (TPSA) is 69.0 Å². The van der Waals surface area contributed by atoms with E-state index in [-0.39, 0.29) is 5.91 Å². The number of rotatable bonds is 9. The van der Waals surface area contributed by atoms with E-state index in [9.17, 15) is 4.79 Å². The van der Waals surface area contributed by atoms with Crippen LogP contribution in [-0.2, 0) is 11.3 Å². The number of allylic oxidation sites excluding steroid dienone is 1. The Hall–Kier alpha value is -3.06. The Kier molecular flexibility index (Phi) is 6.18. The van der Waals surface area contributed by atoms with Crippen LogP contribution in [0.5, 0.6) is 5.75 Å². The Bertz CT molecular complexity index is 1030. The van der Waals surface area contributed by atoms with Crippen molar-refractivity contribution in [3.63, 3.8) is 0 Å². The standard InChI is InChI=1S/C23H24N4O2S/c1-3-15-27-21(18-11-7-8-12-19(18)29-2)25-26-23(27)30-20(16-9-5-4-6-10-16)22(28)24-17-13-14-17/h3-12,17,20H,1,13-15H2,2H3,(H,24,28). The van der Waals surface area contributed by atoms with Gasteiger partial charge in [-0.15, -0.1) is 16.8 Å². The third kappa shape index (κ3) is 4.41. The molecule has 1 amide bonds. The molecule has 4 rings (SSSR count). The first-order valence-electron chi connectivity index (χ1n) is 9.90. The lowest BCUT2D eigenvalue weighted by molar-refractivity contribution is -0.120. The predicted octanol–water partition coefficient (Wildman–Crippen LogP) is 4.25. The van der Waals surface area contributed by atoms with Crippen molar-refractivity contribution in [2.45, 2.75) is 35.8 Å². The number of carbonyl (C=O) groups is 1. The lowest BCUT2D eigenvalue weighted by atomic mass is 10.1. The van der Waals surface area contributed by atoms with Gasteiger partial charge in [-0.2, -0.15) is 0 Å². The van der Waals surface area contributed by atoms with E-state index in [1.54, 1.807) is 13.2 Å². The zero-order chi connectivity index (χ0) is 20.9. The van der Waals surface area contributed by atoms with Gasteiger partial charge in [0.25, 0.3) is 0 Å². The summed E-state index contributed by atoms with van der Waals surface area (Å²) in [6.07, 6.45) is 3.89. The molecule has 1 aliphatic rings. The molecule has 1 saturated carbocycles. The van der Waals surface area contributed by atoms with Crippen LogP contribution in [-0.4, -0.2) is 33.8 Å². The molecule has 1 unspecified atom stereocenters. The van der Waals surface area contributed by atoms with Crippen LogP contribution in [0.2, 0.25) is 0 Å². The van der Waals surface area contributed by atoms with Crippen molar-refractivity contribution < 1.29 is 9.53 Å². The van der Waals surface area contributed by atoms with Crippen molar-refractivity contribution in [3.05, 3.63) is 72.8 Å². The highest BCUT2D eigenvalue weighted by Gasteiger charge is 2.30. The van der Waals surface area contributed by atoms with Crippen molar-refractivity contribution in [1.82, 2.24) is 20.1 Å². The van der Waals surface area contributed by atoms with Crippen molar-refractivity contribution in [1.29, 1.82) is 0 Å². The third-order valence-electron chi connectivity index (χ3n) is 4.86. The molecule has 1 aliphatic carbocycles. The summed E-state index contributed by atoms with van der Waals surface area (Å²) in [5.74, 6) is 1.41. The maximum absolute atomic E-state index is 13.0. The number of para-hydroxylation sites is 1. The fourth-order valence-corrected chi connectivity index (χ4v) is 4.26. The van der Waals surface area contributed by atoms with Gasteiger partial charge in [-0.3, -0.25) is 9.36 Å². The summed E-state index contributed by atoms with van der Waals surface area (Å²) < 4.78 is 7.47. The van der Waals surface area contributed by atoms with E-state index >= 15 is 0 Å². The van der Waals surface area contributed by atoms with E-state index < -0.39 is 5.25 Å². The molecule has 1 N–H and O–H groups in total. The molecule has 2 aromatic carbocycles. The summed E-state index contributed by atoms with van der Waals surface area (Å²) in [7, 11) is 1.64. The minimum atomic E-state index is -0.412.